The highest BCUT2D eigenvalue weighted by atomic mass is 16.1. The number of anilines is 3. The van der Waals surface area contributed by atoms with Crippen LogP contribution in [0, 0.1) is 11.3 Å². The van der Waals surface area contributed by atoms with Gasteiger partial charge < -0.3 is 15.5 Å². The topological polar surface area (TPSA) is 91.2 Å². The van der Waals surface area contributed by atoms with E-state index in [-0.39, 0.29) is 11.6 Å². The molecule has 0 aliphatic carbocycles. The van der Waals surface area contributed by atoms with E-state index in [0.717, 1.165) is 24.9 Å². The number of benzene rings is 2. The van der Waals surface area contributed by atoms with Gasteiger partial charge in [-0.05, 0) is 25.0 Å². The summed E-state index contributed by atoms with van der Waals surface area (Å²) in [6.07, 6.45) is 1.89. The van der Waals surface area contributed by atoms with E-state index in [1.807, 2.05) is 55.6 Å². The molecule has 1 aliphatic rings. The molecule has 1 unspecified atom stereocenters. The Morgan fingerprint density at radius 1 is 1.16 bits per heavy atom. The van der Waals surface area contributed by atoms with E-state index in [4.69, 9.17) is 10.7 Å². The fourth-order valence-corrected chi connectivity index (χ4v) is 4.12. The van der Waals surface area contributed by atoms with Gasteiger partial charge in [-0.3, -0.25) is 9.36 Å². The van der Waals surface area contributed by atoms with Crippen LogP contribution in [-0.4, -0.2) is 35.7 Å². The molecule has 2 heterocycles. The summed E-state index contributed by atoms with van der Waals surface area (Å²) in [7, 11) is 3.54. The van der Waals surface area contributed by atoms with Crippen LogP contribution in [0.2, 0.25) is 0 Å². The Bertz CT molecular complexity index is 1180. The highest BCUT2D eigenvalue weighted by Gasteiger charge is 2.27. The maximum Gasteiger partial charge on any atom is 0.279 e. The lowest BCUT2D eigenvalue weighted by molar-refractivity contribution is 0.502. The zero-order valence-corrected chi connectivity index (χ0v) is 17.8. The lowest BCUT2D eigenvalue weighted by atomic mass is 10.1. The van der Waals surface area contributed by atoms with Crippen LogP contribution in [0.25, 0.3) is 11.4 Å². The largest absolute Gasteiger partial charge is 0.353 e. The minimum atomic E-state index is -0.168. The number of nitriles is 1. The molecule has 7 heteroatoms. The predicted octanol–water partition coefficient (Wildman–Crippen LogP) is 3.01. The minimum Gasteiger partial charge on any atom is -0.353 e. The third-order valence-corrected chi connectivity index (χ3v) is 5.76. The molecule has 1 aromatic heterocycles. The highest BCUT2D eigenvalue weighted by Crippen LogP contribution is 2.33. The molecule has 0 spiro atoms. The second-order valence-corrected chi connectivity index (χ2v) is 7.87. The molecule has 7 nitrogen and oxygen atoms in total. The average molecular weight is 415 g/mol. The van der Waals surface area contributed by atoms with Crippen molar-refractivity contribution in [2.24, 2.45) is 12.8 Å². The molecule has 0 radical (unpaired) electrons. The van der Waals surface area contributed by atoms with Crippen LogP contribution in [0.5, 0.6) is 0 Å². The summed E-state index contributed by atoms with van der Waals surface area (Å²) in [6, 6.07) is 19.2. The van der Waals surface area contributed by atoms with Gasteiger partial charge >= 0.3 is 0 Å². The summed E-state index contributed by atoms with van der Waals surface area (Å²) in [6.45, 7) is 1.41. The van der Waals surface area contributed by atoms with E-state index < -0.39 is 0 Å². The van der Waals surface area contributed by atoms with Gasteiger partial charge in [0.15, 0.2) is 11.5 Å². The standard InChI is InChI=1S/C24H26N6O/c1-28(20-13-7-6-11-18(20)15-25)21-23(30-14-8-12-19(26)16-30)27-22(29(2)24(21)31)17-9-4-3-5-10-17/h3-7,9-11,13,19H,8,12,14,16,26H2,1-2H3. The van der Waals surface area contributed by atoms with Crippen LogP contribution in [-0.2, 0) is 7.05 Å². The predicted molar refractivity (Wildman–Crippen MR) is 124 cm³/mol. The fraction of sp³-hybridized carbons (Fsp3) is 0.292. The summed E-state index contributed by atoms with van der Waals surface area (Å²) in [5.41, 5.74) is 8.57. The molecule has 0 amide bonds. The summed E-state index contributed by atoms with van der Waals surface area (Å²) in [5.74, 6) is 1.21. The molecule has 1 aliphatic heterocycles. The van der Waals surface area contributed by atoms with E-state index >= 15 is 0 Å². The van der Waals surface area contributed by atoms with Crippen molar-refractivity contribution in [3.8, 4) is 17.5 Å². The molecule has 0 bridgehead atoms. The minimum absolute atomic E-state index is 0.0318. The number of hydrogen-bond acceptors (Lipinski definition) is 6. The van der Waals surface area contributed by atoms with Gasteiger partial charge in [-0.15, -0.1) is 0 Å². The Hall–Kier alpha value is -3.63. The number of para-hydroxylation sites is 1. The SMILES string of the molecule is CN(c1ccccc1C#N)c1c(N2CCCC(N)C2)nc(-c2ccccc2)n(C)c1=O. The normalized spacial score (nSPS) is 16.1. The molecule has 2 aromatic carbocycles. The molecule has 158 valence electrons. The monoisotopic (exact) mass is 414 g/mol. The molecule has 0 saturated carbocycles. The Kier molecular flexibility index (Phi) is 5.74. The first kappa shape index (κ1) is 20.6. The lowest BCUT2D eigenvalue weighted by Gasteiger charge is -2.35. The van der Waals surface area contributed by atoms with Crippen LogP contribution < -0.4 is 21.1 Å². The molecular weight excluding hydrogens is 388 g/mol. The zero-order chi connectivity index (χ0) is 22.0. The van der Waals surface area contributed by atoms with Crippen molar-refractivity contribution in [1.29, 1.82) is 5.26 Å². The van der Waals surface area contributed by atoms with Crippen LogP contribution in [0.3, 0.4) is 0 Å². The van der Waals surface area contributed by atoms with Crippen molar-refractivity contribution in [1.82, 2.24) is 9.55 Å². The van der Waals surface area contributed by atoms with Crippen molar-refractivity contribution in [3.63, 3.8) is 0 Å². The van der Waals surface area contributed by atoms with E-state index in [1.165, 1.54) is 0 Å². The van der Waals surface area contributed by atoms with Crippen molar-refractivity contribution >= 4 is 17.2 Å². The highest BCUT2D eigenvalue weighted by molar-refractivity contribution is 5.78. The lowest BCUT2D eigenvalue weighted by Crippen LogP contribution is -2.44. The van der Waals surface area contributed by atoms with Gasteiger partial charge in [-0.25, -0.2) is 4.98 Å². The number of aromatic nitrogens is 2. The van der Waals surface area contributed by atoms with Crippen LogP contribution in [0.4, 0.5) is 17.2 Å². The van der Waals surface area contributed by atoms with Gasteiger partial charge in [0.05, 0.1) is 11.3 Å². The molecule has 2 N–H and O–H groups in total. The van der Waals surface area contributed by atoms with E-state index in [9.17, 15) is 10.1 Å². The van der Waals surface area contributed by atoms with Crippen molar-refractivity contribution in [2.75, 3.05) is 29.9 Å². The Labute approximate surface area is 182 Å². The third-order valence-electron chi connectivity index (χ3n) is 5.76. The van der Waals surface area contributed by atoms with Crippen molar-refractivity contribution < 1.29 is 0 Å². The number of piperidine rings is 1. The van der Waals surface area contributed by atoms with Crippen molar-refractivity contribution in [3.05, 3.63) is 70.5 Å². The Morgan fingerprint density at radius 3 is 2.58 bits per heavy atom. The number of rotatable bonds is 4. The van der Waals surface area contributed by atoms with Crippen LogP contribution >= 0.6 is 0 Å². The molecule has 1 saturated heterocycles. The van der Waals surface area contributed by atoms with Gasteiger partial charge in [-0.2, -0.15) is 5.26 Å². The third kappa shape index (κ3) is 3.90. The molecule has 31 heavy (non-hydrogen) atoms. The molecule has 3 aromatic rings. The van der Waals surface area contributed by atoms with E-state index in [1.54, 1.807) is 22.6 Å². The zero-order valence-electron chi connectivity index (χ0n) is 17.8. The van der Waals surface area contributed by atoms with Gasteiger partial charge in [0.1, 0.15) is 11.9 Å². The smallest absolute Gasteiger partial charge is 0.279 e. The average Bonchev–Trinajstić information content (AvgIpc) is 2.80. The first-order chi connectivity index (χ1) is 15.0. The summed E-state index contributed by atoms with van der Waals surface area (Å²) in [4.78, 5) is 22.5. The fourth-order valence-electron chi connectivity index (χ4n) is 4.12. The van der Waals surface area contributed by atoms with Gasteiger partial charge in [0.2, 0.25) is 0 Å². The van der Waals surface area contributed by atoms with Gasteiger partial charge in [0.25, 0.3) is 5.56 Å². The second-order valence-electron chi connectivity index (χ2n) is 7.87. The molecule has 1 fully saturated rings. The summed E-state index contributed by atoms with van der Waals surface area (Å²) >= 11 is 0. The van der Waals surface area contributed by atoms with E-state index in [0.29, 0.717) is 35.1 Å². The first-order valence-corrected chi connectivity index (χ1v) is 10.4. The molecule has 4 rings (SSSR count). The Balaban J connectivity index is 1.94. The maximum atomic E-state index is 13.7. The Morgan fingerprint density at radius 2 is 1.87 bits per heavy atom. The number of nitrogens with zero attached hydrogens (tertiary/aromatic N) is 5. The van der Waals surface area contributed by atoms with Gasteiger partial charge in [0, 0.05) is 38.8 Å². The van der Waals surface area contributed by atoms with E-state index in [2.05, 4.69) is 11.0 Å². The number of hydrogen-bond donors (Lipinski definition) is 1. The van der Waals surface area contributed by atoms with Crippen LogP contribution in [0.1, 0.15) is 18.4 Å². The summed E-state index contributed by atoms with van der Waals surface area (Å²) in [5, 5.41) is 9.58. The first-order valence-electron chi connectivity index (χ1n) is 10.4. The van der Waals surface area contributed by atoms with Gasteiger partial charge in [-0.1, -0.05) is 42.5 Å². The summed E-state index contributed by atoms with van der Waals surface area (Å²) < 4.78 is 1.57. The van der Waals surface area contributed by atoms with Crippen molar-refractivity contribution in [2.45, 2.75) is 18.9 Å². The maximum absolute atomic E-state index is 13.7. The second kappa shape index (κ2) is 8.62. The molecular formula is C24H26N6O. The van der Waals surface area contributed by atoms with Crippen LogP contribution in [0.15, 0.2) is 59.4 Å². The number of nitrogens with two attached hydrogens (primary N) is 1. The molecule has 1 atom stereocenters. The quantitative estimate of drug-likeness (QED) is 0.706.